The Morgan fingerprint density at radius 2 is 1.25 bits per heavy atom. The molecule has 0 aliphatic carbocycles. The maximum atomic E-state index is 14.6. The Kier molecular flexibility index (Phi) is 14.6. The van der Waals surface area contributed by atoms with E-state index in [9.17, 15) is 59.9 Å². The van der Waals surface area contributed by atoms with Crippen molar-refractivity contribution < 1.29 is 88.3 Å². The topological polar surface area (TPSA) is 190 Å². The number of carbonyl (C=O) groups is 7. The molecule has 290 valence electrons. The minimum atomic E-state index is -5.72. The van der Waals surface area contributed by atoms with Gasteiger partial charge in [-0.1, -0.05) is 30.3 Å². The lowest BCUT2D eigenvalue weighted by Gasteiger charge is -2.51. The van der Waals surface area contributed by atoms with Crippen LogP contribution in [0.5, 0.6) is 0 Å². The van der Waals surface area contributed by atoms with Gasteiger partial charge in [0.05, 0.1) is 13.2 Å². The van der Waals surface area contributed by atoms with Crippen LogP contribution in [0, 0.1) is 0 Å². The monoisotopic (exact) mass is 758 g/mol. The third-order valence-electron chi connectivity index (χ3n) is 7.71. The van der Waals surface area contributed by atoms with Gasteiger partial charge in [-0.25, -0.2) is 4.79 Å². The molecular weight excluding hydrogens is 722 g/mol. The molecule has 1 aliphatic rings. The zero-order valence-electron chi connectivity index (χ0n) is 28.5. The van der Waals surface area contributed by atoms with Gasteiger partial charge in [0.2, 0.25) is 0 Å². The molecular formula is C31H36F6N2O13. The number of carbonyl (C=O) groups excluding carboxylic acids is 7. The molecule has 0 saturated carbocycles. The number of benzene rings is 1. The summed E-state index contributed by atoms with van der Waals surface area (Å²) in [7, 11) is 1.35. The SMILES string of the molecule is COC(=O)[C@H](CC[C@@H]1[C@H](OC(C)=O)[C@@H](OC(C)=O)[C@H](OC(C)=O)[C@@H](COC(C)=O)N1C(=O)C(F)(F)F)NC(=O)[C@](OC)(c1ccccc1)C(F)(F)F. The van der Waals surface area contributed by atoms with Crippen LogP contribution in [0.3, 0.4) is 0 Å². The second-order valence-corrected chi connectivity index (χ2v) is 11.2. The molecule has 1 aliphatic heterocycles. The van der Waals surface area contributed by atoms with E-state index in [4.69, 9.17) is 23.7 Å². The Labute approximate surface area is 292 Å². The zero-order chi connectivity index (χ0) is 39.8. The molecule has 0 spiro atoms. The van der Waals surface area contributed by atoms with Crippen LogP contribution in [0.2, 0.25) is 0 Å². The molecule has 2 amide bonds. The lowest BCUT2D eigenvalue weighted by molar-refractivity contribution is -0.266. The minimum Gasteiger partial charge on any atom is -0.467 e. The van der Waals surface area contributed by atoms with Crippen molar-refractivity contribution >= 4 is 41.7 Å². The molecule has 1 aromatic carbocycles. The summed E-state index contributed by atoms with van der Waals surface area (Å²) in [6.45, 7) is 2.15. The minimum absolute atomic E-state index is 0.0144. The van der Waals surface area contributed by atoms with Crippen molar-refractivity contribution in [1.82, 2.24) is 10.2 Å². The molecule has 1 saturated heterocycles. The fourth-order valence-corrected chi connectivity index (χ4v) is 5.73. The van der Waals surface area contributed by atoms with Crippen LogP contribution < -0.4 is 5.32 Å². The highest BCUT2D eigenvalue weighted by atomic mass is 19.4. The van der Waals surface area contributed by atoms with Gasteiger partial charge < -0.3 is 38.6 Å². The number of alkyl halides is 6. The summed E-state index contributed by atoms with van der Waals surface area (Å²) in [5.41, 5.74) is -4.44. The summed E-state index contributed by atoms with van der Waals surface area (Å²) in [5.74, 6) is -10.7. The van der Waals surface area contributed by atoms with Gasteiger partial charge in [-0.05, 0) is 12.8 Å². The Hall–Kier alpha value is -4.95. The molecule has 7 atom stereocenters. The molecule has 0 bridgehead atoms. The summed E-state index contributed by atoms with van der Waals surface area (Å²) >= 11 is 0. The molecule has 0 aromatic heterocycles. The summed E-state index contributed by atoms with van der Waals surface area (Å²) in [4.78, 5) is 87.8. The van der Waals surface area contributed by atoms with Crippen molar-refractivity contribution in [2.45, 2.75) is 94.9 Å². The van der Waals surface area contributed by atoms with Crippen molar-refractivity contribution in [3.63, 3.8) is 0 Å². The average molecular weight is 759 g/mol. The van der Waals surface area contributed by atoms with Crippen LogP contribution in [0.15, 0.2) is 30.3 Å². The Morgan fingerprint density at radius 1 is 0.750 bits per heavy atom. The number of nitrogens with one attached hydrogen (secondary N) is 1. The van der Waals surface area contributed by atoms with Gasteiger partial charge in [-0.3, -0.25) is 28.8 Å². The highest BCUT2D eigenvalue weighted by Crippen LogP contribution is 2.43. The van der Waals surface area contributed by atoms with Crippen molar-refractivity contribution in [1.29, 1.82) is 0 Å². The first kappa shape index (κ1) is 43.2. The predicted molar refractivity (Wildman–Crippen MR) is 158 cm³/mol. The van der Waals surface area contributed by atoms with E-state index in [-0.39, 0.29) is 4.90 Å². The number of nitrogens with zero attached hydrogens (tertiary/aromatic N) is 1. The molecule has 1 heterocycles. The standard InChI is InChI=1S/C31H36F6N2O13/c1-15(40)49-14-22-24(51-17(3)42)25(52-18(4)43)23(50-16(2)41)21(39(22)28(46)30(32,33)34)13-12-20(26(44)47-5)38-27(45)29(48-6,31(35,36)37)19-10-8-7-9-11-19/h7-11,20-25H,12-14H2,1-6H3,(H,38,45)/t20-,21+,22+,23-,24+,25+,29+/m0/s1. The van der Waals surface area contributed by atoms with E-state index < -0.39 is 121 Å². The van der Waals surface area contributed by atoms with Crippen LogP contribution in [0.25, 0.3) is 0 Å². The molecule has 1 fully saturated rings. The zero-order valence-corrected chi connectivity index (χ0v) is 28.5. The van der Waals surface area contributed by atoms with Gasteiger partial charge in [-0.15, -0.1) is 0 Å². The normalized spacial score (nSPS) is 22.2. The number of hydrogen-bond donors (Lipinski definition) is 1. The highest BCUT2D eigenvalue weighted by Gasteiger charge is 2.64. The second-order valence-electron chi connectivity index (χ2n) is 11.2. The lowest BCUT2D eigenvalue weighted by Crippen LogP contribution is -2.72. The molecule has 2 rings (SSSR count). The maximum Gasteiger partial charge on any atom is 0.471 e. The number of hydrogen-bond acceptors (Lipinski definition) is 13. The van der Waals surface area contributed by atoms with Crippen molar-refractivity contribution in [3.05, 3.63) is 35.9 Å². The first-order chi connectivity index (χ1) is 24.0. The van der Waals surface area contributed by atoms with Gasteiger partial charge in [0, 0.05) is 40.4 Å². The molecule has 1 N–H and O–H groups in total. The van der Waals surface area contributed by atoms with E-state index in [1.807, 2.05) is 5.32 Å². The molecule has 15 nitrogen and oxygen atoms in total. The number of halogens is 6. The van der Waals surface area contributed by atoms with Gasteiger partial charge in [0.15, 0.2) is 18.3 Å². The fourth-order valence-electron chi connectivity index (χ4n) is 5.73. The van der Waals surface area contributed by atoms with Crippen LogP contribution in [-0.4, -0.2) is 116 Å². The Bertz CT molecular complexity index is 1490. The summed E-state index contributed by atoms with van der Waals surface area (Å²) in [6, 6.07) is -0.844. The van der Waals surface area contributed by atoms with Gasteiger partial charge in [-0.2, -0.15) is 26.3 Å². The van der Waals surface area contributed by atoms with Crippen molar-refractivity contribution in [2.75, 3.05) is 20.8 Å². The predicted octanol–water partition coefficient (Wildman–Crippen LogP) is 2.03. The lowest BCUT2D eigenvalue weighted by atomic mass is 9.84. The van der Waals surface area contributed by atoms with E-state index in [1.54, 1.807) is 0 Å². The Morgan fingerprint density at radius 3 is 1.67 bits per heavy atom. The second kappa shape index (κ2) is 17.5. The van der Waals surface area contributed by atoms with Gasteiger partial charge >= 0.3 is 48.1 Å². The summed E-state index contributed by atoms with van der Waals surface area (Å²) in [6.07, 6.45) is -19.3. The van der Waals surface area contributed by atoms with Crippen molar-refractivity contribution in [3.8, 4) is 0 Å². The maximum absolute atomic E-state index is 14.6. The summed E-state index contributed by atoms with van der Waals surface area (Å²) in [5, 5.41) is 1.85. The highest BCUT2D eigenvalue weighted by molar-refractivity contribution is 5.91. The third-order valence-corrected chi connectivity index (χ3v) is 7.71. The van der Waals surface area contributed by atoms with Gasteiger partial charge in [0.1, 0.15) is 18.7 Å². The molecule has 1 aromatic rings. The molecule has 52 heavy (non-hydrogen) atoms. The van der Waals surface area contributed by atoms with E-state index in [2.05, 4.69) is 4.74 Å². The molecule has 21 heteroatoms. The summed E-state index contributed by atoms with van der Waals surface area (Å²) < 4.78 is 116. The van der Waals surface area contributed by atoms with E-state index in [0.29, 0.717) is 7.11 Å². The molecule has 0 unspecified atom stereocenters. The van der Waals surface area contributed by atoms with E-state index in [0.717, 1.165) is 46.9 Å². The first-order valence-electron chi connectivity index (χ1n) is 15.1. The number of esters is 5. The first-order valence-corrected chi connectivity index (χ1v) is 15.1. The molecule has 0 radical (unpaired) electrons. The number of piperidine rings is 1. The van der Waals surface area contributed by atoms with Crippen LogP contribution in [0.1, 0.15) is 46.1 Å². The third kappa shape index (κ3) is 10.1. The van der Waals surface area contributed by atoms with E-state index in [1.165, 1.54) is 18.2 Å². The number of ether oxygens (including phenoxy) is 6. The fraction of sp³-hybridized carbons (Fsp3) is 0.581. The quantitative estimate of drug-likeness (QED) is 0.175. The number of methoxy groups -OCH3 is 2. The number of likely N-dealkylation sites (tertiary alicyclic amines) is 1. The Balaban J connectivity index is 2.79. The van der Waals surface area contributed by atoms with Crippen LogP contribution in [-0.2, 0) is 67.6 Å². The van der Waals surface area contributed by atoms with Gasteiger partial charge in [0.25, 0.3) is 11.5 Å². The number of amides is 2. The number of rotatable bonds is 13. The van der Waals surface area contributed by atoms with Crippen LogP contribution in [0.4, 0.5) is 26.3 Å². The van der Waals surface area contributed by atoms with E-state index >= 15 is 0 Å². The largest absolute Gasteiger partial charge is 0.471 e. The van der Waals surface area contributed by atoms with Crippen molar-refractivity contribution in [2.24, 2.45) is 0 Å². The average Bonchev–Trinajstić information content (AvgIpc) is 3.02. The van der Waals surface area contributed by atoms with Crippen LogP contribution >= 0.6 is 0 Å². The smallest absolute Gasteiger partial charge is 0.467 e.